The number of ether oxygens (including phenoxy) is 2. The van der Waals surface area contributed by atoms with Crippen molar-refractivity contribution in [3.05, 3.63) is 11.5 Å². The fraction of sp³-hybridized carbons (Fsp3) is 0.880. The summed E-state index contributed by atoms with van der Waals surface area (Å²) in [4.78, 5) is 22.1. The lowest BCUT2D eigenvalue weighted by molar-refractivity contribution is -0.284. The second-order valence-electron chi connectivity index (χ2n) is 8.93. The van der Waals surface area contributed by atoms with Gasteiger partial charge in [0.25, 0.3) is 5.76 Å². The number of unbranched alkanes of at least 4 members (excludes halogenated alkanes) is 13. The molecule has 3 atom stereocenters. The Morgan fingerprint density at radius 3 is 1.88 bits per heavy atom. The fourth-order valence-electron chi connectivity index (χ4n) is 3.68. The van der Waals surface area contributed by atoms with Crippen LogP contribution in [0.3, 0.4) is 0 Å². The van der Waals surface area contributed by atoms with E-state index in [1.807, 2.05) is 0 Å². The van der Waals surface area contributed by atoms with Crippen LogP contribution in [-0.4, -0.2) is 59.4 Å². The van der Waals surface area contributed by atoms with E-state index in [-0.39, 0.29) is 18.1 Å². The number of hydrogen-bond donors (Lipinski definition) is 3. The van der Waals surface area contributed by atoms with Gasteiger partial charge in [0.15, 0.2) is 6.10 Å². The zero-order valence-electron chi connectivity index (χ0n) is 20.6. The standard InChI is InChI=1S/C25H46O8/c1-3-4-5-6-7-8-9-10-11-12-13-14-15-16-17-30-24-23(33-31-19-20(2)27)22(21(28)18-26)32-25(24)29/h20-22,26-28H,3-19H2,1-2H3/t20?,21-,22+/m0/s1. The van der Waals surface area contributed by atoms with Crippen molar-refractivity contribution < 1.29 is 39.4 Å². The van der Waals surface area contributed by atoms with Crippen LogP contribution in [0.15, 0.2) is 11.5 Å². The fourth-order valence-corrected chi connectivity index (χ4v) is 3.68. The lowest BCUT2D eigenvalue weighted by Crippen LogP contribution is -2.32. The summed E-state index contributed by atoms with van der Waals surface area (Å²) in [6, 6.07) is 0. The molecule has 8 heteroatoms. The molecule has 0 fully saturated rings. The summed E-state index contributed by atoms with van der Waals surface area (Å²) >= 11 is 0. The van der Waals surface area contributed by atoms with E-state index in [9.17, 15) is 20.1 Å². The highest BCUT2D eigenvalue weighted by molar-refractivity contribution is 5.89. The van der Waals surface area contributed by atoms with E-state index in [2.05, 4.69) is 6.92 Å². The number of carbonyl (C=O) groups excluding carboxylic acids is 1. The van der Waals surface area contributed by atoms with Crippen LogP contribution >= 0.6 is 0 Å². The number of aliphatic hydroxyl groups is 3. The number of aliphatic hydroxyl groups excluding tert-OH is 3. The van der Waals surface area contributed by atoms with Crippen molar-refractivity contribution in [2.75, 3.05) is 19.8 Å². The predicted octanol–water partition coefficient (Wildman–Crippen LogP) is 4.30. The topological polar surface area (TPSA) is 115 Å². The number of hydrogen-bond acceptors (Lipinski definition) is 8. The molecule has 0 aromatic rings. The summed E-state index contributed by atoms with van der Waals surface area (Å²) in [5.41, 5.74) is 0. The average molecular weight is 475 g/mol. The summed E-state index contributed by atoms with van der Waals surface area (Å²) in [7, 11) is 0. The molecule has 1 aliphatic heterocycles. The van der Waals surface area contributed by atoms with Crippen LogP contribution in [0.25, 0.3) is 0 Å². The third-order valence-electron chi connectivity index (χ3n) is 5.64. The lowest BCUT2D eigenvalue weighted by atomic mass is 10.0. The smallest absolute Gasteiger partial charge is 0.378 e. The maximum Gasteiger partial charge on any atom is 0.378 e. The first-order valence-corrected chi connectivity index (χ1v) is 12.9. The van der Waals surface area contributed by atoms with Crippen LogP contribution in [0.1, 0.15) is 104 Å². The van der Waals surface area contributed by atoms with Crippen molar-refractivity contribution >= 4 is 5.97 Å². The lowest BCUT2D eigenvalue weighted by Gasteiger charge is -2.17. The minimum Gasteiger partial charge on any atom is -0.484 e. The van der Waals surface area contributed by atoms with Gasteiger partial charge in [-0.05, 0) is 13.3 Å². The summed E-state index contributed by atoms with van der Waals surface area (Å²) < 4.78 is 10.6. The summed E-state index contributed by atoms with van der Waals surface area (Å²) in [6.45, 7) is 3.33. The van der Waals surface area contributed by atoms with Crippen molar-refractivity contribution in [2.24, 2.45) is 0 Å². The van der Waals surface area contributed by atoms with Crippen LogP contribution in [0.5, 0.6) is 0 Å². The second-order valence-corrected chi connectivity index (χ2v) is 8.93. The highest BCUT2D eigenvalue weighted by Gasteiger charge is 2.43. The molecule has 1 unspecified atom stereocenters. The monoisotopic (exact) mass is 474 g/mol. The van der Waals surface area contributed by atoms with E-state index in [0.717, 1.165) is 19.3 Å². The molecule has 194 valence electrons. The van der Waals surface area contributed by atoms with Gasteiger partial charge < -0.3 is 29.7 Å². The van der Waals surface area contributed by atoms with Gasteiger partial charge in [-0.15, -0.1) is 0 Å². The highest BCUT2D eigenvalue weighted by Crippen LogP contribution is 2.28. The third-order valence-corrected chi connectivity index (χ3v) is 5.64. The maximum atomic E-state index is 12.1. The highest BCUT2D eigenvalue weighted by atomic mass is 17.2. The molecule has 0 aromatic heterocycles. The Kier molecular flexibility index (Phi) is 17.1. The molecule has 0 saturated carbocycles. The third kappa shape index (κ3) is 13.2. The molecule has 33 heavy (non-hydrogen) atoms. The SMILES string of the molecule is CCCCCCCCCCCCCCCCOC1=C(OOCC(C)O)[C@@H]([C@@H](O)CO)OC1=O. The molecule has 1 heterocycles. The summed E-state index contributed by atoms with van der Waals surface area (Å²) in [6.07, 6.45) is 14.2. The van der Waals surface area contributed by atoms with Crippen LogP contribution in [0.2, 0.25) is 0 Å². The zero-order chi connectivity index (χ0) is 24.3. The van der Waals surface area contributed by atoms with Gasteiger partial charge in [-0.3, -0.25) is 0 Å². The first-order valence-electron chi connectivity index (χ1n) is 12.9. The Bertz CT molecular complexity index is 534. The van der Waals surface area contributed by atoms with Crippen molar-refractivity contribution in [1.82, 2.24) is 0 Å². The van der Waals surface area contributed by atoms with Gasteiger partial charge in [-0.2, -0.15) is 4.89 Å². The first kappa shape index (κ1) is 29.7. The zero-order valence-corrected chi connectivity index (χ0v) is 20.6. The molecule has 1 aliphatic rings. The van der Waals surface area contributed by atoms with Crippen molar-refractivity contribution in [3.63, 3.8) is 0 Å². The Hall–Kier alpha value is -1.35. The molecule has 0 spiro atoms. The van der Waals surface area contributed by atoms with Gasteiger partial charge in [-0.1, -0.05) is 90.4 Å². The normalized spacial score (nSPS) is 17.8. The Morgan fingerprint density at radius 2 is 1.39 bits per heavy atom. The van der Waals surface area contributed by atoms with E-state index < -0.39 is 30.9 Å². The van der Waals surface area contributed by atoms with E-state index in [1.54, 1.807) is 0 Å². The molecule has 0 aliphatic carbocycles. The first-order chi connectivity index (χ1) is 16.0. The van der Waals surface area contributed by atoms with Gasteiger partial charge in [0.2, 0.25) is 5.76 Å². The van der Waals surface area contributed by atoms with E-state index in [1.165, 1.54) is 77.6 Å². The number of cyclic esters (lactones) is 1. The van der Waals surface area contributed by atoms with E-state index in [4.69, 9.17) is 19.2 Å². The van der Waals surface area contributed by atoms with Crippen molar-refractivity contribution in [3.8, 4) is 0 Å². The number of esters is 1. The molecule has 3 N–H and O–H groups in total. The molecule has 0 saturated heterocycles. The van der Waals surface area contributed by atoms with Gasteiger partial charge in [-0.25, -0.2) is 4.79 Å². The van der Waals surface area contributed by atoms with Crippen molar-refractivity contribution in [1.29, 1.82) is 0 Å². The van der Waals surface area contributed by atoms with Crippen LogP contribution in [0, 0.1) is 0 Å². The summed E-state index contributed by atoms with van der Waals surface area (Å²) in [5.74, 6) is -1.05. The van der Waals surface area contributed by atoms with E-state index >= 15 is 0 Å². The molecule has 0 radical (unpaired) electrons. The number of carbonyl (C=O) groups is 1. The van der Waals surface area contributed by atoms with Gasteiger partial charge in [0, 0.05) is 0 Å². The maximum absolute atomic E-state index is 12.1. The van der Waals surface area contributed by atoms with E-state index in [0.29, 0.717) is 6.61 Å². The Morgan fingerprint density at radius 1 is 0.879 bits per heavy atom. The predicted molar refractivity (Wildman–Crippen MR) is 125 cm³/mol. The average Bonchev–Trinajstić information content (AvgIpc) is 3.10. The van der Waals surface area contributed by atoms with Crippen LogP contribution in [-0.2, 0) is 24.0 Å². The van der Waals surface area contributed by atoms with Crippen molar-refractivity contribution in [2.45, 2.75) is 122 Å². The van der Waals surface area contributed by atoms with Gasteiger partial charge in [0.05, 0.1) is 19.3 Å². The molecule has 0 bridgehead atoms. The minimum absolute atomic E-state index is 0.118. The second kappa shape index (κ2) is 19.0. The molecule has 1 rings (SSSR count). The Balaban J connectivity index is 2.18. The molecular weight excluding hydrogens is 428 g/mol. The van der Waals surface area contributed by atoms with Crippen LogP contribution in [0.4, 0.5) is 0 Å². The Labute approximate surface area is 199 Å². The van der Waals surface area contributed by atoms with Gasteiger partial charge >= 0.3 is 5.97 Å². The molecule has 0 aromatic carbocycles. The van der Waals surface area contributed by atoms with Crippen LogP contribution < -0.4 is 0 Å². The minimum atomic E-state index is -1.36. The number of rotatable bonds is 22. The van der Waals surface area contributed by atoms with Gasteiger partial charge in [0.1, 0.15) is 12.7 Å². The summed E-state index contributed by atoms with van der Waals surface area (Å²) in [5, 5.41) is 28.3. The largest absolute Gasteiger partial charge is 0.484 e. The molecular formula is C25H46O8. The molecule has 8 nitrogen and oxygen atoms in total. The molecule has 0 amide bonds. The quantitative estimate of drug-likeness (QED) is 0.0921.